The summed E-state index contributed by atoms with van der Waals surface area (Å²) < 4.78 is 5.47. The van der Waals surface area contributed by atoms with E-state index in [1.165, 1.54) is 22.3 Å². The quantitative estimate of drug-likeness (QED) is 0.879. The van der Waals surface area contributed by atoms with Crippen molar-refractivity contribution in [2.45, 2.75) is 34.2 Å². The fourth-order valence-corrected chi connectivity index (χ4v) is 2.53. The second-order valence-electron chi connectivity index (χ2n) is 5.30. The average molecular weight is 269 g/mol. The molecule has 1 N–H and O–H groups in total. The van der Waals surface area contributed by atoms with E-state index in [2.05, 4.69) is 63.3 Å². The van der Waals surface area contributed by atoms with Gasteiger partial charge in [-0.25, -0.2) is 0 Å². The van der Waals surface area contributed by atoms with Crippen LogP contribution in [0.1, 0.15) is 27.8 Å². The Morgan fingerprint density at radius 1 is 0.900 bits per heavy atom. The van der Waals surface area contributed by atoms with Crippen LogP contribution in [0.2, 0.25) is 0 Å². The highest BCUT2D eigenvalue weighted by molar-refractivity contribution is 5.60. The summed E-state index contributed by atoms with van der Waals surface area (Å²) in [6.45, 7) is 9.33. The lowest BCUT2D eigenvalue weighted by Crippen LogP contribution is -2.04. The van der Waals surface area contributed by atoms with Gasteiger partial charge in [0, 0.05) is 17.8 Å². The van der Waals surface area contributed by atoms with Crippen molar-refractivity contribution in [2.24, 2.45) is 0 Å². The molecule has 0 saturated carbocycles. The Bertz CT molecular complexity index is 617. The molecule has 0 aliphatic heterocycles. The molecule has 106 valence electrons. The highest BCUT2D eigenvalue weighted by atomic mass is 16.5. The molecule has 0 spiro atoms. The van der Waals surface area contributed by atoms with Gasteiger partial charge in [0.15, 0.2) is 0 Å². The number of hydrogen-bond acceptors (Lipinski definition) is 2. The summed E-state index contributed by atoms with van der Waals surface area (Å²) in [7, 11) is 1.73. The molecule has 0 aromatic heterocycles. The zero-order valence-corrected chi connectivity index (χ0v) is 13.0. The predicted molar refractivity (Wildman–Crippen MR) is 85.7 cm³/mol. The summed E-state index contributed by atoms with van der Waals surface area (Å²) in [5.41, 5.74) is 7.50. The van der Waals surface area contributed by atoms with Gasteiger partial charge in [0.1, 0.15) is 5.75 Å². The van der Waals surface area contributed by atoms with Crippen LogP contribution in [0.5, 0.6) is 5.75 Å². The highest BCUT2D eigenvalue weighted by Gasteiger charge is 2.08. The first-order chi connectivity index (χ1) is 9.54. The van der Waals surface area contributed by atoms with Crippen molar-refractivity contribution in [2.75, 3.05) is 12.4 Å². The van der Waals surface area contributed by atoms with Crippen LogP contribution in [0.25, 0.3) is 0 Å². The molecule has 2 heteroatoms. The van der Waals surface area contributed by atoms with Crippen LogP contribution < -0.4 is 10.1 Å². The molecular weight excluding hydrogens is 246 g/mol. The van der Waals surface area contributed by atoms with Crippen molar-refractivity contribution >= 4 is 5.69 Å². The molecule has 0 heterocycles. The van der Waals surface area contributed by atoms with Gasteiger partial charge < -0.3 is 10.1 Å². The number of benzene rings is 2. The Morgan fingerprint density at radius 2 is 1.65 bits per heavy atom. The summed E-state index contributed by atoms with van der Waals surface area (Å²) in [4.78, 5) is 0. The number of aryl methyl sites for hydroxylation is 2. The largest absolute Gasteiger partial charge is 0.496 e. The summed E-state index contributed by atoms with van der Waals surface area (Å²) in [5, 5.41) is 3.52. The van der Waals surface area contributed by atoms with Crippen molar-refractivity contribution in [3.63, 3.8) is 0 Å². The third-order valence-corrected chi connectivity index (χ3v) is 3.99. The van der Waals surface area contributed by atoms with E-state index >= 15 is 0 Å². The molecular formula is C18H23NO. The lowest BCUT2D eigenvalue weighted by atomic mass is 10.0. The Morgan fingerprint density at radius 3 is 2.35 bits per heavy atom. The number of nitrogens with one attached hydrogen (secondary N) is 1. The third kappa shape index (κ3) is 2.79. The summed E-state index contributed by atoms with van der Waals surface area (Å²) in [6.07, 6.45) is 0. The van der Waals surface area contributed by atoms with Crippen LogP contribution in [0.15, 0.2) is 30.3 Å². The van der Waals surface area contributed by atoms with E-state index in [9.17, 15) is 0 Å². The lowest BCUT2D eigenvalue weighted by molar-refractivity contribution is 0.409. The van der Waals surface area contributed by atoms with Gasteiger partial charge in [-0.3, -0.25) is 0 Å². The molecule has 2 aromatic carbocycles. The molecule has 0 aliphatic rings. The van der Waals surface area contributed by atoms with Gasteiger partial charge in [-0.2, -0.15) is 0 Å². The second kappa shape index (κ2) is 6.00. The standard InChI is InChI=1S/C18H23NO/c1-12-7-6-8-16(14(12)3)11-19-17-10-9-13(2)18(20-5)15(17)4/h6-10,19H,11H2,1-5H3. The Kier molecular flexibility index (Phi) is 4.33. The van der Waals surface area contributed by atoms with E-state index in [0.717, 1.165) is 23.5 Å². The maximum atomic E-state index is 5.47. The second-order valence-corrected chi connectivity index (χ2v) is 5.30. The minimum atomic E-state index is 0.834. The Balaban J connectivity index is 2.21. The zero-order valence-electron chi connectivity index (χ0n) is 13.0. The molecule has 2 rings (SSSR count). The van der Waals surface area contributed by atoms with Crippen molar-refractivity contribution < 1.29 is 4.74 Å². The van der Waals surface area contributed by atoms with E-state index in [4.69, 9.17) is 4.74 Å². The van der Waals surface area contributed by atoms with Crippen molar-refractivity contribution in [3.8, 4) is 5.75 Å². The van der Waals surface area contributed by atoms with Gasteiger partial charge in [0.2, 0.25) is 0 Å². The number of hydrogen-bond donors (Lipinski definition) is 1. The minimum absolute atomic E-state index is 0.834. The Labute approximate surface area is 121 Å². The summed E-state index contributed by atoms with van der Waals surface area (Å²) in [5.74, 6) is 0.968. The smallest absolute Gasteiger partial charge is 0.126 e. The summed E-state index contributed by atoms with van der Waals surface area (Å²) >= 11 is 0. The highest BCUT2D eigenvalue weighted by Crippen LogP contribution is 2.29. The fraction of sp³-hybridized carbons (Fsp3) is 0.333. The van der Waals surface area contributed by atoms with Crippen LogP contribution in [-0.2, 0) is 6.54 Å². The lowest BCUT2D eigenvalue weighted by Gasteiger charge is -2.16. The van der Waals surface area contributed by atoms with E-state index < -0.39 is 0 Å². The fourth-order valence-electron chi connectivity index (χ4n) is 2.53. The van der Waals surface area contributed by atoms with Gasteiger partial charge in [0.05, 0.1) is 7.11 Å². The van der Waals surface area contributed by atoms with Gasteiger partial charge in [-0.15, -0.1) is 0 Å². The average Bonchev–Trinajstić information content (AvgIpc) is 2.43. The molecule has 0 aliphatic carbocycles. The molecule has 0 fully saturated rings. The maximum Gasteiger partial charge on any atom is 0.126 e. The van der Waals surface area contributed by atoms with E-state index in [-0.39, 0.29) is 0 Å². The molecule has 0 saturated heterocycles. The number of anilines is 1. The van der Waals surface area contributed by atoms with Crippen LogP contribution in [0.3, 0.4) is 0 Å². The number of rotatable bonds is 4. The first kappa shape index (κ1) is 14.4. The first-order valence-electron chi connectivity index (χ1n) is 6.97. The van der Waals surface area contributed by atoms with Crippen LogP contribution in [0, 0.1) is 27.7 Å². The molecule has 0 bridgehead atoms. The van der Waals surface area contributed by atoms with E-state index in [1.807, 2.05) is 0 Å². The molecule has 20 heavy (non-hydrogen) atoms. The van der Waals surface area contributed by atoms with E-state index in [1.54, 1.807) is 7.11 Å². The predicted octanol–water partition coefficient (Wildman–Crippen LogP) is 4.54. The zero-order chi connectivity index (χ0) is 14.7. The van der Waals surface area contributed by atoms with Gasteiger partial charge in [-0.1, -0.05) is 24.3 Å². The molecule has 0 unspecified atom stereocenters. The SMILES string of the molecule is COc1c(C)ccc(NCc2cccc(C)c2C)c1C. The molecule has 2 nitrogen and oxygen atoms in total. The molecule has 0 amide bonds. The number of methoxy groups -OCH3 is 1. The van der Waals surface area contributed by atoms with Crippen molar-refractivity contribution in [1.29, 1.82) is 0 Å². The normalized spacial score (nSPS) is 10.4. The molecule has 0 atom stereocenters. The topological polar surface area (TPSA) is 21.3 Å². The van der Waals surface area contributed by atoms with E-state index in [0.29, 0.717) is 0 Å². The van der Waals surface area contributed by atoms with Crippen molar-refractivity contribution in [3.05, 3.63) is 58.1 Å². The monoisotopic (exact) mass is 269 g/mol. The summed E-state index contributed by atoms with van der Waals surface area (Å²) in [6, 6.07) is 10.7. The minimum Gasteiger partial charge on any atom is -0.496 e. The van der Waals surface area contributed by atoms with Crippen LogP contribution in [0.4, 0.5) is 5.69 Å². The third-order valence-electron chi connectivity index (χ3n) is 3.99. The number of ether oxygens (including phenoxy) is 1. The molecule has 2 aromatic rings. The van der Waals surface area contributed by atoms with Gasteiger partial charge in [0.25, 0.3) is 0 Å². The van der Waals surface area contributed by atoms with Gasteiger partial charge >= 0.3 is 0 Å². The van der Waals surface area contributed by atoms with Crippen LogP contribution >= 0.6 is 0 Å². The maximum absolute atomic E-state index is 5.47. The van der Waals surface area contributed by atoms with Crippen LogP contribution in [-0.4, -0.2) is 7.11 Å². The van der Waals surface area contributed by atoms with Gasteiger partial charge in [-0.05, 0) is 56.0 Å². The molecule has 0 radical (unpaired) electrons. The van der Waals surface area contributed by atoms with Crippen molar-refractivity contribution in [1.82, 2.24) is 0 Å². The Hall–Kier alpha value is -1.96. The first-order valence-corrected chi connectivity index (χ1v) is 6.97.